The van der Waals surface area contributed by atoms with Crippen LogP contribution in [0.5, 0.6) is 5.75 Å². The van der Waals surface area contributed by atoms with Gasteiger partial charge in [0.1, 0.15) is 17.9 Å². The average molecular weight is 461 g/mol. The summed E-state index contributed by atoms with van der Waals surface area (Å²) in [7, 11) is 1.68. The minimum absolute atomic E-state index is 0.00717. The number of pyridine rings is 1. The summed E-state index contributed by atoms with van der Waals surface area (Å²) in [6.07, 6.45) is 6.82. The molecule has 3 heterocycles. The van der Waals surface area contributed by atoms with Gasteiger partial charge in [-0.05, 0) is 29.8 Å². The van der Waals surface area contributed by atoms with Gasteiger partial charge in [0.05, 0.1) is 43.0 Å². The number of ether oxygens (including phenoxy) is 3. The van der Waals surface area contributed by atoms with E-state index in [2.05, 4.69) is 31.7 Å². The molecule has 34 heavy (non-hydrogen) atoms. The van der Waals surface area contributed by atoms with Crippen LogP contribution in [0.2, 0.25) is 0 Å². The van der Waals surface area contributed by atoms with E-state index in [1.165, 1.54) is 0 Å². The van der Waals surface area contributed by atoms with Crippen LogP contribution in [0.3, 0.4) is 0 Å². The number of nitrogens with zero attached hydrogens (tertiary/aromatic N) is 4. The Morgan fingerprint density at radius 2 is 2.09 bits per heavy atom. The fourth-order valence-electron chi connectivity index (χ4n) is 3.67. The third-order valence-electron chi connectivity index (χ3n) is 5.38. The van der Waals surface area contributed by atoms with E-state index in [1.54, 1.807) is 25.6 Å². The van der Waals surface area contributed by atoms with Crippen LogP contribution >= 0.6 is 0 Å². The lowest BCUT2D eigenvalue weighted by atomic mass is 10.1. The molecule has 176 valence electrons. The number of nitrogens with one attached hydrogen (secondary N) is 2. The van der Waals surface area contributed by atoms with Gasteiger partial charge in [-0.15, -0.1) is 0 Å². The molecule has 0 saturated carbocycles. The number of aromatic nitrogens is 3. The van der Waals surface area contributed by atoms with Gasteiger partial charge in [0.15, 0.2) is 0 Å². The SMILES string of the molecule is COCCNCc1cncc(Nc2nccc(-c3cccc(C#N)c3OC3CCOCC3)n2)c1. The van der Waals surface area contributed by atoms with E-state index in [1.807, 2.05) is 30.5 Å². The van der Waals surface area contributed by atoms with E-state index in [9.17, 15) is 5.26 Å². The first-order valence-electron chi connectivity index (χ1n) is 11.3. The summed E-state index contributed by atoms with van der Waals surface area (Å²) in [5, 5.41) is 16.2. The standard InChI is InChI=1S/C25H28N6O3/c1-32-12-9-27-15-18-13-20(17-28-16-18)30-25-29-8-5-23(31-25)22-4-2-3-19(14-26)24(22)34-21-6-10-33-11-7-21/h2-5,8,13,16-17,21,27H,6-7,9-12,15H2,1H3,(H,29,30,31). The van der Waals surface area contributed by atoms with Gasteiger partial charge in [0.2, 0.25) is 5.95 Å². The fraction of sp³-hybridized carbons (Fsp3) is 0.360. The third-order valence-corrected chi connectivity index (χ3v) is 5.38. The van der Waals surface area contributed by atoms with Gasteiger partial charge in [0, 0.05) is 51.0 Å². The second-order valence-corrected chi connectivity index (χ2v) is 7.87. The molecular formula is C25H28N6O3. The molecule has 0 aliphatic carbocycles. The average Bonchev–Trinajstić information content (AvgIpc) is 2.88. The van der Waals surface area contributed by atoms with Crippen LogP contribution in [0.4, 0.5) is 11.6 Å². The maximum absolute atomic E-state index is 9.67. The molecule has 4 rings (SSSR count). The molecule has 2 aromatic heterocycles. The lowest BCUT2D eigenvalue weighted by Gasteiger charge is -2.25. The number of anilines is 2. The lowest BCUT2D eigenvalue weighted by molar-refractivity contribution is 0.0257. The molecule has 9 heteroatoms. The Labute approximate surface area is 199 Å². The molecule has 0 radical (unpaired) electrons. The molecule has 1 saturated heterocycles. The van der Waals surface area contributed by atoms with Crippen LogP contribution in [0.25, 0.3) is 11.3 Å². The van der Waals surface area contributed by atoms with E-state index < -0.39 is 0 Å². The highest BCUT2D eigenvalue weighted by Crippen LogP contribution is 2.34. The predicted octanol–water partition coefficient (Wildman–Crippen LogP) is 3.45. The first kappa shape index (κ1) is 23.6. The highest BCUT2D eigenvalue weighted by Gasteiger charge is 2.20. The third kappa shape index (κ3) is 6.26. The summed E-state index contributed by atoms with van der Waals surface area (Å²) < 4.78 is 16.8. The number of nitriles is 1. The Bertz CT molecular complexity index is 1130. The maximum atomic E-state index is 9.67. The lowest BCUT2D eigenvalue weighted by Crippen LogP contribution is -2.26. The van der Waals surface area contributed by atoms with Crippen molar-refractivity contribution in [3.8, 4) is 23.1 Å². The smallest absolute Gasteiger partial charge is 0.227 e. The monoisotopic (exact) mass is 460 g/mol. The largest absolute Gasteiger partial charge is 0.488 e. The summed E-state index contributed by atoms with van der Waals surface area (Å²) in [4.78, 5) is 13.4. The summed E-state index contributed by atoms with van der Waals surface area (Å²) in [5.74, 6) is 0.982. The van der Waals surface area contributed by atoms with E-state index in [0.29, 0.717) is 49.3 Å². The minimum atomic E-state index is 0.00717. The second kappa shape index (κ2) is 12.0. The topological polar surface area (TPSA) is 114 Å². The molecule has 0 unspecified atom stereocenters. The Balaban J connectivity index is 1.53. The molecule has 2 N–H and O–H groups in total. The number of hydrogen-bond acceptors (Lipinski definition) is 9. The van der Waals surface area contributed by atoms with E-state index in [0.717, 1.165) is 36.2 Å². The highest BCUT2D eigenvalue weighted by atomic mass is 16.5. The molecule has 0 atom stereocenters. The van der Waals surface area contributed by atoms with E-state index in [-0.39, 0.29) is 6.10 Å². The quantitative estimate of drug-likeness (QED) is 0.439. The minimum Gasteiger partial charge on any atom is -0.488 e. The Morgan fingerprint density at radius 3 is 2.91 bits per heavy atom. The molecule has 1 aromatic carbocycles. The van der Waals surface area contributed by atoms with Gasteiger partial charge in [-0.1, -0.05) is 6.07 Å². The number of methoxy groups -OCH3 is 1. The van der Waals surface area contributed by atoms with Crippen molar-refractivity contribution in [2.45, 2.75) is 25.5 Å². The molecule has 1 fully saturated rings. The van der Waals surface area contributed by atoms with Crippen molar-refractivity contribution < 1.29 is 14.2 Å². The molecule has 9 nitrogen and oxygen atoms in total. The Kier molecular flexibility index (Phi) is 8.35. The van der Waals surface area contributed by atoms with Gasteiger partial charge in [0.25, 0.3) is 0 Å². The first-order chi connectivity index (χ1) is 16.8. The van der Waals surface area contributed by atoms with Crippen LogP contribution in [0.15, 0.2) is 48.9 Å². The van der Waals surface area contributed by atoms with E-state index in [4.69, 9.17) is 14.2 Å². The molecule has 0 spiro atoms. The van der Waals surface area contributed by atoms with Crippen molar-refractivity contribution in [2.24, 2.45) is 0 Å². The van der Waals surface area contributed by atoms with Crippen molar-refractivity contribution in [2.75, 3.05) is 38.8 Å². The van der Waals surface area contributed by atoms with Crippen LogP contribution in [-0.2, 0) is 16.0 Å². The molecule has 1 aliphatic heterocycles. The summed E-state index contributed by atoms with van der Waals surface area (Å²) in [6, 6.07) is 11.6. The van der Waals surface area contributed by atoms with Crippen molar-refractivity contribution in [1.29, 1.82) is 5.26 Å². The van der Waals surface area contributed by atoms with Gasteiger partial charge in [-0.3, -0.25) is 4.98 Å². The first-order valence-corrected chi connectivity index (χ1v) is 11.3. The van der Waals surface area contributed by atoms with Crippen molar-refractivity contribution in [3.63, 3.8) is 0 Å². The Hall–Kier alpha value is -3.58. The van der Waals surface area contributed by atoms with Gasteiger partial charge < -0.3 is 24.8 Å². The van der Waals surface area contributed by atoms with Crippen LogP contribution in [-0.4, -0.2) is 54.5 Å². The maximum Gasteiger partial charge on any atom is 0.227 e. The number of benzene rings is 1. The highest BCUT2D eigenvalue weighted by molar-refractivity contribution is 5.72. The molecular weight excluding hydrogens is 432 g/mol. The molecule has 3 aromatic rings. The van der Waals surface area contributed by atoms with Gasteiger partial charge >= 0.3 is 0 Å². The van der Waals surface area contributed by atoms with Crippen LogP contribution in [0, 0.1) is 11.3 Å². The van der Waals surface area contributed by atoms with E-state index >= 15 is 0 Å². The van der Waals surface area contributed by atoms with Gasteiger partial charge in [-0.25, -0.2) is 9.97 Å². The Morgan fingerprint density at radius 1 is 1.21 bits per heavy atom. The van der Waals surface area contributed by atoms with Crippen molar-refractivity contribution in [1.82, 2.24) is 20.3 Å². The number of rotatable bonds is 10. The summed E-state index contributed by atoms with van der Waals surface area (Å²) in [5.41, 5.74) is 3.72. The van der Waals surface area contributed by atoms with Crippen LogP contribution in [0.1, 0.15) is 24.0 Å². The molecule has 1 aliphatic rings. The predicted molar refractivity (Wildman–Crippen MR) is 128 cm³/mol. The fourth-order valence-corrected chi connectivity index (χ4v) is 3.67. The summed E-state index contributed by atoms with van der Waals surface area (Å²) in [6.45, 7) is 3.41. The zero-order chi connectivity index (χ0) is 23.6. The molecule has 0 bridgehead atoms. The second-order valence-electron chi connectivity index (χ2n) is 7.87. The zero-order valence-corrected chi connectivity index (χ0v) is 19.2. The number of hydrogen-bond donors (Lipinski definition) is 2. The van der Waals surface area contributed by atoms with Gasteiger partial charge in [-0.2, -0.15) is 5.26 Å². The molecule has 0 amide bonds. The summed E-state index contributed by atoms with van der Waals surface area (Å²) >= 11 is 0. The van der Waals surface area contributed by atoms with Crippen molar-refractivity contribution in [3.05, 3.63) is 60.0 Å². The normalized spacial score (nSPS) is 13.9. The van der Waals surface area contributed by atoms with Crippen molar-refractivity contribution >= 4 is 11.6 Å². The number of para-hydroxylation sites is 1. The van der Waals surface area contributed by atoms with Crippen LogP contribution < -0.4 is 15.4 Å². The zero-order valence-electron chi connectivity index (χ0n) is 19.2.